The highest BCUT2D eigenvalue weighted by Crippen LogP contribution is 2.33. The van der Waals surface area contributed by atoms with Gasteiger partial charge < -0.3 is 5.11 Å². The Morgan fingerprint density at radius 3 is 2.48 bits per heavy atom. The first-order valence-corrected chi connectivity index (χ1v) is 5.84. The molecule has 21 heavy (non-hydrogen) atoms. The van der Waals surface area contributed by atoms with E-state index in [9.17, 15) is 22.4 Å². The minimum absolute atomic E-state index is 0.101. The minimum Gasteiger partial charge on any atom is -0.478 e. The number of alkyl halides is 3. The first kappa shape index (κ1) is 15.2. The third kappa shape index (κ3) is 3.13. The van der Waals surface area contributed by atoms with Crippen LogP contribution in [0.25, 0.3) is 11.3 Å². The van der Waals surface area contributed by atoms with E-state index in [0.717, 1.165) is 12.1 Å². The topological polar surface area (TPSA) is 50.2 Å². The van der Waals surface area contributed by atoms with Gasteiger partial charge in [0.15, 0.2) is 0 Å². The molecule has 0 saturated carbocycles. The summed E-state index contributed by atoms with van der Waals surface area (Å²) in [7, 11) is 0. The van der Waals surface area contributed by atoms with Crippen LogP contribution in [-0.2, 0) is 6.18 Å². The Bertz CT molecular complexity index is 716. The van der Waals surface area contributed by atoms with E-state index in [2.05, 4.69) is 4.98 Å². The van der Waals surface area contributed by atoms with Gasteiger partial charge in [0.1, 0.15) is 5.82 Å². The summed E-state index contributed by atoms with van der Waals surface area (Å²) in [6, 6.07) is 3.71. The van der Waals surface area contributed by atoms with Gasteiger partial charge in [-0.05, 0) is 24.3 Å². The summed E-state index contributed by atoms with van der Waals surface area (Å²) in [5.74, 6) is -2.49. The molecule has 0 atom stereocenters. The van der Waals surface area contributed by atoms with Gasteiger partial charge in [0.25, 0.3) is 0 Å². The highest BCUT2D eigenvalue weighted by molar-refractivity contribution is 6.30. The maximum Gasteiger partial charge on any atom is 0.417 e. The third-order valence-corrected chi connectivity index (χ3v) is 2.86. The third-order valence-electron chi connectivity index (χ3n) is 2.63. The van der Waals surface area contributed by atoms with Crippen molar-refractivity contribution in [3.8, 4) is 11.3 Å². The van der Waals surface area contributed by atoms with E-state index in [-0.39, 0.29) is 10.6 Å². The minimum atomic E-state index is -4.75. The van der Waals surface area contributed by atoms with Gasteiger partial charge in [-0.25, -0.2) is 9.18 Å². The molecule has 0 amide bonds. The maximum atomic E-state index is 13.7. The van der Waals surface area contributed by atoms with Crippen LogP contribution in [0.2, 0.25) is 5.02 Å². The molecule has 0 bridgehead atoms. The Morgan fingerprint density at radius 2 is 1.90 bits per heavy atom. The molecule has 8 heteroatoms. The molecule has 1 heterocycles. The second-order valence-corrected chi connectivity index (χ2v) is 4.48. The molecule has 0 aliphatic heterocycles. The highest BCUT2D eigenvalue weighted by Gasteiger charge is 2.33. The lowest BCUT2D eigenvalue weighted by Gasteiger charge is -2.11. The number of carbonyl (C=O) groups is 1. The van der Waals surface area contributed by atoms with Crippen LogP contribution in [-0.4, -0.2) is 16.1 Å². The van der Waals surface area contributed by atoms with Gasteiger partial charge in [0.2, 0.25) is 0 Å². The van der Waals surface area contributed by atoms with Gasteiger partial charge in [-0.15, -0.1) is 0 Å². The molecule has 0 aliphatic rings. The number of carboxylic acid groups (broad SMARTS) is 1. The van der Waals surface area contributed by atoms with Crippen LogP contribution in [0.4, 0.5) is 17.6 Å². The number of carboxylic acids is 1. The van der Waals surface area contributed by atoms with Crippen molar-refractivity contribution < 1.29 is 27.5 Å². The number of nitrogens with zero attached hydrogens (tertiary/aromatic N) is 1. The quantitative estimate of drug-likeness (QED) is 0.841. The van der Waals surface area contributed by atoms with Gasteiger partial charge in [-0.1, -0.05) is 11.6 Å². The van der Waals surface area contributed by atoms with Crippen LogP contribution < -0.4 is 0 Å². The van der Waals surface area contributed by atoms with E-state index in [1.165, 1.54) is 6.07 Å². The Labute approximate surface area is 120 Å². The largest absolute Gasteiger partial charge is 0.478 e. The molecule has 0 spiro atoms. The Balaban J connectivity index is 2.69. The summed E-state index contributed by atoms with van der Waals surface area (Å²) in [5.41, 5.74) is -2.69. The summed E-state index contributed by atoms with van der Waals surface area (Å²) >= 11 is 5.68. The van der Waals surface area contributed by atoms with E-state index in [0.29, 0.717) is 12.3 Å². The first-order chi connectivity index (χ1) is 9.70. The number of pyridine rings is 1. The van der Waals surface area contributed by atoms with E-state index >= 15 is 0 Å². The normalized spacial score (nSPS) is 11.5. The molecular weight excluding hydrogens is 314 g/mol. The van der Waals surface area contributed by atoms with Gasteiger partial charge in [-0.2, -0.15) is 13.2 Å². The van der Waals surface area contributed by atoms with Gasteiger partial charge in [0.05, 0.1) is 16.8 Å². The molecule has 1 aromatic heterocycles. The van der Waals surface area contributed by atoms with Crippen molar-refractivity contribution in [3.63, 3.8) is 0 Å². The summed E-state index contributed by atoms with van der Waals surface area (Å²) in [5, 5.41) is 9.12. The number of benzene rings is 1. The van der Waals surface area contributed by atoms with Crippen LogP contribution >= 0.6 is 11.6 Å². The summed E-state index contributed by atoms with van der Waals surface area (Å²) in [6.45, 7) is 0. The number of rotatable bonds is 2. The van der Waals surface area contributed by atoms with Crippen molar-refractivity contribution in [2.75, 3.05) is 0 Å². The Morgan fingerprint density at radius 1 is 1.24 bits per heavy atom. The molecule has 0 fully saturated rings. The van der Waals surface area contributed by atoms with Gasteiger partial charge >= 0.3 is 12.1 Å². The fourth-order valence-corrected chi connectivity index (χ4v) is 1.85. The number of aromatic nitrogens is 1. The molecule has 2 aromatic rings. The zero-order chi connectivity index (χ0) is 15.8. The van der Waals surface area contributed by atoms with Crippen molar-refractivity contribution in [2.45, 2.75) is 6.18 Å². The second-order valence-electron chi connectivity index (χ2n) is 4.05. The fraction of sp³-hybridized carbons (Fsp3) is 0.0769. The molecule has 1 aromatic carbocycles. The number of aromatic carboxylic acids is 1. The number of halogens is 5. The molecule has 2 rings (SSSR count). The molecular formula is C13H6ClF4NO2. The monoisotopic (exact) mass is 319 g/mol. The first-order valence-electron chi connectivity index (χ1n) is 5.46. The smallest absolute Gasteiger partial charge is 0.417 e. The molecule has 0 aliphatic carbocycles. The van der Waals surface area contributed by atoms with Crippen molar-refractivity contribution in [1.82, 2.24) is 4.98 Å². The lowest BCUT2D eigenvalue weighted by Crippen LogP contribution is -2.10. The molecule has 1 N–H and O–H groups in total. The van der Waals surface area contributed by atoms with Crippen LogP contribution in [0, 0.1) is 5.82 Å². The van der Waals surface area contributed by atoms with Gasteiger partial charge in [0, 0.05) is 16.8 Å². The zero-order valence-electron chi connectivity index (χ0n) is 10.1. The summed E-state index contributed by atoms with van der Waals surface area (Å²) < 4.78 is 51.5. The van der Waals surface area contributed by atoms with E-state index in [1.54, 1.807) is 0 Å². The van der Waals surface area contributed by atoms with Crippen LogP contribution in [0.15, 0.2) is 30.5 Å². The molecule has 110 valence electrons. The van der Waals surface area contributed by atoms with Gasteiger partial charge in [-0.3, -0.25) is 4.98 Å². The predicted octanol–water partition coefficient (Wildman–Crippen LogP) is 4.26. The highest BCUT2D eigenvalue weighted by atomic mass is 35.5. The lowest BCUT2D eigenvalue weighted by molar-refractivity contribution is -0.137. The number of hydrogen-bond donors (Lipinski definition) is 1. The summed E-state index contributed by atoms with van der Waals surface area (Å²) in [6.07, 6.45) is -4.30. The Kier molecular flexibility index (Phi) is 3.87. The number of hydrogen-bond acceptors (Lipinski definition) is 2. The lowest BCUT2D eigenvalue weighted by atomic mass is 10.0. The Hall–Kier alpha value is -2.15. The van der Waals surface area contributed by atoms with E-state index in [4.69, 9.17) is 16.7 Å². The van der Waals surface area contributed by atoms with E-state index in [1.807, 2.05) is 0 Å². The van der Waals surface area contributed by atoms with E-state index < -0.39 is 34.8 Å². The SMILES string of the molecule is O=C(O)c1cc(C(F)(F)F)cnc1-c1cc(Cl)ccc1F. The van der Waals surface area contributed by atoms with Crippen LogP contribution in [0.1, 0.15) is 15.9 Å². The zero-order valence-corrected chi connectivity index (χ0v) is 10.8. The van der Waals surface area contributed by atoms with Crippen LogP contribution in [0.5, 0.6) is 0 Å². The predicted molar refractivity (Wildman–Crippen MR) is 66.6 cm³/mol. The molecule has 0 unspecified atom stereocenters. The van der Waals surface area contributed by atoms with Crippen LogP contribution in [0.3, 0.4) is 0 Å². The molecule has 0 saturated heterocycles. The van der Waals surface area contributed by atoms with Crippen molar-refractivity contribution in [3.05, 3.63) is 52.4 Å². The average Bonchev–Trinajstić information content (AvgIpc) is 2.40. The van der Waals surface area contributed by atoms with Crippen molar-refractivity contribution >= 4 is 17.6 Å². The molecule has 0 radical (unpaired) electrons. The molecule has 3 nitrogen and oxygen atoms in total. The maximum absolute atomic E-state index is 13.7. The van der Waals surface area contributed by atoms with Crippen molar-refractivity contribution in [2.24, 2.45) is 0 Å². The van der Waals surface area contributed by atoms with Crippen molar-refractivity contribution in [1.29, 1.82) is 0 Å². The fourth-order valence-electron chi connectivity index (χ4n) is 1.68. The summed E-state index contributed by atoms with van der Waals surface area (Å²) in [4.78, 5) is 14.5. The second kappa shape index (κ2) is 5.33. The standard InChI is InChI=1S/C13H6ClF4NO2/c14-7-1-2-10(15)8(4-7)11-9(12(20)21)3-6(5-19-11)13(16,17)18/h1-5H,(H,20,21). The average molecular weight is 320 g/mol.